The van der Waals surface area contributed by atoms with Gasteiger partial charge in [-0.15, -0.1) is 0 Å². The van der Waals surface area contributed by atoms with E-state index in [1.165, 1.54) is 21.7 Å². The Labute approximate surface area is 237 Å². The molecule has 4 aromatic heterocycles. The van der Waals surface area contributed by atoms with Crippen LogP contribution < -0.4 is 11.1 Å². The molecule has 0 radical (unpaired) electrons. The number of halogens is 2. The van der Waals surface area contributed by atoms with Crippen molar-refractivity contribution in [2.24, 2.45) is 0 Å². The third kappa shape index (κ3) is 4.39. The van der Waals surface area contributed by atoms with Crippen LogP contribution in [-0.4, -0.2) is 39.2 Å². The lowest BCUT2D eigenvalue weighted by Gasteiger charge is -2.18. The number of hydrogen-bond donors (Lipinski definition) is 2. The maximum atomic E-state index is 13.7. The van der Waals surface area contributed by atoms with Gasteiger partial charge in [-0.25, -0.2) is 0 Å². The van der Waals surface area contributed by atoms with Gasteiger partial charge in [0, 0.05) is 32.3 Å². The molecule has 202 valence electrons. The van der Waals surface area contributed by atoms with Gasteiger partial charge in [0.05, 0.1) is 11.4 Å². The van der Waals surface area contributed by atoms with Crippen LogP contribution in [0.25, 0.3) is 34.1 Å². The Bertz CT molecular complexity index is 2020. The number of benzene rings is 2. The van der Waals surface area contributed by atoms with Crippen molar-refractivity contribution >= 4 is 34.8 Å². The Morgan fingerprint density at radius 1 is 0.825 bits per heavy atom. The average molecular weight is 575 g/mol. The van der Waals surface area contributed by atoms with Gasteiger partial charge in [-0.1, -0.05) is 62.2 Å². The van der Waals surface area contributed by atoms with Gasteiger partial charge >= 0.3 is 0 Å². The van der Waals surface area contributed by atoms with Crippen LogP contribution in [0.15, 0.2) is 64.7 Å². The Morgan fingerprint density at radius 3 is 2.10 bits per heavy atom. The molecule has 12 heteroatoms. The highest BCUT2D eigenvalue weighted by Crippen LogP contribution is 2.34. The predicted molar refractivity (Wildman–Crippen MR) is 154 cm³/mol. The van der Waals surface area contributed by atoms with E-state index in [-0.39, 0.29) is 23.0 Å². The van der Waals surface area contributed by atoms with Crippen molar-refractivity contribution in [3.63, 3.8) is 0 Å². The second-order valence-electron chi connectivity index (χ2n) is 10.0. The number of fused-ring (bicyclic) bond motifs is 2. The number of nitrogens with zero attached hydrogens (tertiary/aromatic N) is 6. The molecule has 1 atom stereocenters. The third-order valence-corrected chi connectivity index (χ3v) is 7.50. The Balaban J connectivity index is 1.47. The van der Waals surface area contributed by atoms with E-state index in [9.17, 15) is 9.59 Å². The molecule has 0 fully saturated rings. The van der Waals surface area contributed by atoms with Crippen molar-refractivity contribution in [2.75, 3.05) is 0 Å². The maximum Gasteiger partial charge on any atom is 0.279 e. The van der Waals surface area contributed by atoms with Gasteiger partial charge in [0.2, 0.25) is 11.6 Å². The molecule has 0 spiro atoms. The van der Waals surface area contributed by atoms with Crippen molar-refractivity contribution in [3.05, 3.63) is 103 Å². The fourth-order valence-corrected chi connectivity index (χ4v) is 5.70. The van der Waals surface area contributed by atoms with Crippen molar-refractivity contribution in [3.8, 4) is 22.5 Å². The minimum atomic E-state index is -0.278. The fourth-order valence-electron chi connectivity index (χ4n) is 5.22. The van der Waals surface area contributed by atoms with Crippen molar-refractivity contribution in [2.45, 2.75) is 39.0 Å². The van der Waals surface area contributed by atoms with E-state index in [1.54, 1.807) is 6.07 Å². The molecule has 10 nitrogen and oxygen atoms in total. The third-order valence-electron chi connectivity index (χ3n) is 6.95. The van der Waals surface area contributed by atoms with Crippen LogP contribution in [0.3, 0.4) is 0 Å². The van der Waals surface area contributed by atoms with Crippen LogP contribution in [-0.2, 0) is 6.42 Å². The molecule has 2 aromatic carbocycles. The highest BCUT2D eigenvalue weighted by molar-refractivity contribution is 6.33. The first-order valence-corrected chi connectivity index (χ1v) is 13.4. The summed E-state index contributed by atoms with van der Waals surface area (Å²) in [6, 6.07) is 13.0. The molecule has 1 unspecified atom stereocenters. The monoisotopic (exact) mass is 574 g/mol. The highest BCUT2D eigenvalue weighted by Gasteiger charge is 2.23. The summed E-state index contributed by atoms with van der Waals surface area (Å²) >= 11 is 13.2. The number of aromatic nitrogens is 8. The van der Waals surface area contributed by atoms with Crippen LogP contribution in [0.5, 0.6) is 0 Å². The zero-order valence-corrected chi connectivity index (χ0v) is 23.3. The average Bonchev–Trinajstić information content (AvgIpc) is 3.58. The lowest BCUT2D eigenvalue weighted by Crippen LogP contribution is -2.24. The molecule has 6 rings (SSSR count). The Hall–Kier alpha value is -4.28. The number of nitrogens with one attached hydrogen (secondary N) is 2. The van der Waals surface area contributed by atoms with Gasteiger partial charge in [0.25, 0.3) is 11.1 Å². The van der Waals surface area contributed by atoms with Crippen molar-refractivity contribution in [1.82, 2.24) is 39.2 Å². The van der Waals surface area contributed by atoms with E-state index in [4.69, 9.17) is 23.2 Å². The summed E-state index contributed by atoms with van der Waals surface area (Å²) in [5.74, 6) is 0.323. The van der Waals surface area contributed by atoms with E-state index in [2.05, 4.69) is 30.1 Å². The summed E-state index contributed by atoms with van der Waals surface area (Å²) < 4.78 is 2.51. The van der Waals surface area contributed by atoms with Crippen LogP contribution in [0, 0.1) is 0 Å². The van der Waals surface area contributed by atoms with Crippen LogP contribution in [0.4, 0.5) is 0 Å². The molecule has 2 N–H and O–H groups in total. The minimum absolute atomic E-state index is 0.0835. The summed E-state index contributed by atoms with van der Waals surface area (Å²) in [4.78, 5) is 41.7. The normalized spacial score (nSPS) is 12.6. The maximum absolute atomic E-state index is 13.7. The molecule has 0 aliphatic rings. The molecule has 0 aliphatic heterocycles. The number of aromatic amines is 2. The SMILES string of the molecule is CC(C)c1c(-c2cc(Cl)cc(CC(C)c3c(-c4ccccc4Cl)[nH]c4ncnn4c3=O)c2)[nH]c2ncnn2c1=O. The zero-order valence-electron chi connectivity index (χ0n) is 21.8. The standard InChI is InChI=1S/C28H24Cl2N8O2/c1-14(2)21-23(35-27-31-12-33-37(27)25(21)39)17-9-16(10-18(29)11-17)8-15(3)22-24(19-6-4-5-7-20(19)30)36-28-32-13-34-38(28)26(22)40/h4-7,9-15H,8H2,1-3H3,(H,31,33,35)(H,32,34,36). The fraction of sp³-hybridized carbons (Fsp3) is 0.214. The molecule has 40 heavy (non-hydrogen) atoms. The number of hydrogen-bond acceptors (Lipinski definition) is 6. The summed E-state index contributed by atoms with van der Waals surface area (Å²) in [5.41, 5.74) is 4.14. The van der Waals surface area contributed by atoms with Crippen molar-refractivity contribution in [1.29, 1.82) is 0 Å². The molecule has 0 amide bonds. The quantitative estimate of drug-likeness (QED) is 0.279. The minimum Gasteiger partial charge on any atom is -0.323 e. The van der Waals surface area contributed by atoms with Crippen LogP contribution >= 0.6 is 23.2 Å². The first-order valence-electron chi connectivity index (χ1n) is 12.7. The Morgan fingerprint density at radius 2 is 1.45 bits per heavy atom. The second-order valence-corrected chi connectivity index (χ2v) is 10.9. The molecule has 0 bridgehead atoms. The number of H-pyrrole nitrogens is 2. The second kappa shape index (κ2) is 10.0. The van der Waals surface area contributed by atoms with E-state index in [0.717, 1.165) is 11.1 Å². The van der Waals surface area contributed by atoms with E-state index < -0.39 is 0 Å². The Kier molecular flexibility index (Phi) is 6.52. The number of rotatable bonds is 6. The molecule has 0 saturated heterocycles. The van der Waals surface area contributed by atoms with Gasteiger partial charge in [-0.05, 0) is 48.1 Å². The smallest absolute Gasteiger partial charge is 0.279 e. The van der Waals surface area contributed by atoms with Gasteiger partial charge in [-0.3, -0.25) is 9.59 Å². The first kappa shape index (κ1) is 26.0. The summed E-state index contributed by atoms with van der Waals surface area (Å²) in [6.07, 6.45) is 3.15. The molecule has 4 heterocycles. The summed E-state index contributed by atoms with van der Waals surface area (Å²) in [7, 11) is 0. The zero-order chi connectivity index (χ0) is 28.1. The van der Waals surface area contributed by atoms with E-state index >= 15 is 0 Å². The molecule has 6 aromatic rings. The van der Waals surface area contributed by atoms with Gasteiger partial charge in [0.1, 0.15) is 12.7 Å². The predicted octanol–water partition coefficient (Wildman–Crippen LogP) is 5.26. The summed E-state index contributed by atoms with van der Waals surface area (Å²) in [5, 5.41) is 9.17. The van der Waals surface area contributed by atoms with Crippen molar-refractivity contribution < 1.29 is 0 Å². The van der Waals surface area contributed by atoms with Gasteiger partial charge in [0.15, 0.2) is 0 Å². The highest BCUT2D eigenvalue weighted by atomic mass is 35.5. The summed E-state index contributed by atoms with van der Waals surface area (Å²) in [6.45, 7) is 5.87. The molecular weight excluding hydrogens is 551 g/mol. The molecule has 0 aliphatic carbocycles. The van der Waals surface area contributed by atoms with E-state index in [1.807, 2.05) is 57.2 Å². The lowest BCUT2D eigenvalue weighted by molar-refractivity contribution is 0.727. The van der Waals surface area contributed by atoms with Gasteiger partial charge < -0.3 is 9.97 Å². The largest absolute Gasteiger partial charge is 0.323 e. The van der Waals surface area contributed by atoms with Gasteiger partial charge in [-0.2, -0.15) is 29.2 Å². The topological polar surface area (TPSA) is 126 Å². The molecular formula is C28H24Cl2N8O2. The lowest BCUT2D eigenvalue weighted by atomic mass is 9.90. The van der Waals surface area contributed by atoms with Crippen LogP contribution in [0.2, 0.25) is 10.0 Å². The van der Waals surface area contributed by atoms with E-state index in [0.29, 0.717) is 56.1 Å². The molecule has 0 saturated carbocycles. The van der Waals surface area contributed by atoms with Crippen LogP contribution in [0.1, 0.15) is 49.3 Å². The first-order chi connectivity index (χ1) is 19.2.